The van der Waals surface area contributed by atoms with Crippen LogP contribution in [0, 0.1) is 11.7 Å². The first-order chi connectivity index (χ1) is 14.7. The fraction of sp³-hybridized carbons (Fsp3) is 0.409. The topological polar surface area (TPSA) is 91.6 Å². The predicted octanol–water partition coefficient (Wildman–Crippen LogP) is 2.76. The van der Waals surface area contributed by atoms with Crippen LogP contribution in [0.4, 0.5) is 4.39 Å². The molecule has 0 radical (unpaired) electrons. The first-order valence-electron chi connectivity index (χ1n) is 10.3. The molecule has 1 fully saturated rings. The second-order valence-corrected chi connectivity index (χ2v) is 9.00. The summed E-state index contributed by atoms with van der Waals surface area (Å²) >= 11 is 5.84. The van der Waals surface area contributed by atoms with Crippen molar-refractivity contribution < 1.29 is 19.1 Å². The number of rotatable bonds is 2. The van der Waals surface area contributed by atoms with E-state index in [4.69, 9.17) is 11.6 Å². The molecule has 0 saturated heterocycles. The van der Waals surface area contributed by atoms with Gasteiger partial charge in [0.1, 0.15) is 17.2 Å². The van der Waals surface area contributed by atoms with Gasteiger partial charge < -0.3 is 15.3 Å². The average Bonchev–Trinajstić information content (AvgIpc) is 3.24. The Bertz CT molecular complexity index is 1210. The normalized spacial score (nSPS) is 24.5. The SMILES string of the molecule is CC1CCCC12NC(=O)c1c3c(c(O)c(=O)n12)C(=O)N(Cc1ccc(F)c(Cl)c1)CC3. The standard InChI is InChI=1S/C22H21ClFN3O4/c1-11-3-2-7-22(11)25-19(29)17-13-6-8-26(10-12-4-5-15(24)14(23)9-12)20(30)16(13)18(28)21(31)27(17)22/h4-5,9,11,28H,2-3,6-8,10H2,1H3,(H,25,29). The van der Waals surface area contributed by atoms with Gasteiger partial charge in [-0.25, -0.2) is 4.39 Å². The van der Waals surface area contributed by atoms with E-state index in [0.717, 1.165) is 12.8 Å². The first-order valence-corrected chi connectivity index (χ1v) is 10.7. The molecule has 2 N–H and O–H groups in total. The van der Waals surface area contributed by atoms with Gasteiger partial charge in [-0.1, -0.05) is 24.6 Å². The Labute approximate surface area is 182 Å². The van der Waals surface area contributed by atoms with Gasteiger partial charge in [-0.3, -0.25) is 19.0 Å². The van der Waals surface area contributed by atoms with Gasteiger partial charge in [0.2, 0.25) is 0 Å². The van der Waals surface area contributed by atoms with E-state index in [1.54, 1.807) is 0 Å². The van der Waals surface area contributed by atoms with E-state index in [0.29, 0.717) is 30.5 Å². The molecule has 0 bridgehead atoms. The Balaban J connectivity index is 1.59. The highest BCUT2D eigenvalue weighted by Gasteiger charge is 2.52. The summed E-state index contributed by atoms with van der Waals surface area (Å²) in [7, 11) is 0. The summed E-state index contributed by atoms with van der Waals surface area (Å²) in [6.07, 6.45) is 2.64. The maximum absolute atomic E-state index is 13.4. The van der Waals surface area contributed by atoms with Gasteiger partial charge in [0, 0.05) is 18.7 Å². The Morgan fingerprint density at radius 3 is 2.77 bits per heavy atom. The highest BCUT2D eigenvalue weighted by molar-refractivity contribution is 6.30. The largest absolute Gasteiger partial charge is 0.502 e. The van der Waals surface area contributed by atoms with Gasteiger partial charge in [0.15, 0.2) is 5.75 Å². The fourth-order valence-electron chi connectivity index (χ4n) is 5.31. The number of nitrogens with one attached hydrogen (secondary N) is 1. The van der Waals surface area contributed by atoms with Crippen molar-refractivity contribution in [1.82, 2.24) is 14.8 Å². The number of hydrogen-bond donors (Lipinski definition) is 2. The van der Waals surface area contributed by atoms with Gasteiger partial charge in [0.25, 0.3) is 17.4 Å². The summed E-state index contributed by atoms with van der Waals surface area (Å²) in [4.78, 5) is 40.8. The number of benzene rings is 1. The van der Waals surface area contributed by atoms with Gasteiger partial charge in [-0.2, -0.15) is 0 Å². The molecule has 2 aliphatic heterocycles. The van der Waals surface area contributed by atoms with Crippen molar-refractivity contribution in [2.75, 3.05) is 6.54 Å². The number of aromatic hydroxyl groups is 1. The van der Waals surface area contributed by atoms with Crippen LogP contribution in [0.2, 0.25) is 5.02 Å². The Morgan fingerprint density at radius 2 is 2.10 bits per heavy atom. The highest BCUT2D eigenvalue weighted by Crippen LogP contribution is 2.44. The monoisotopic (exact) mass is 445 g/mol. The van der Waals surface area contributed by atoms with E-state index in [1.165, 1.54) is 27.7 Å². The molecule has 1 aromatic carbocycles. The number of hydrogen-bond acceptors (Lipinski definition) is 4. The molecule has 162 valence electrons. The lowest BCUT2D eigenvalue weighted by Crippen LogP contribution is -2.49. The second kappa shape index (κ2) is 6.82. The van der Waals surface area contributed by atoms with Crippen LogP contribution in [-0.4, -0.2) is 32.9 Å². The average molecular weight is 446 g/mol. The van der Waals surface area contributed by atoms with Gasteiger partial charge in [0.05, 0.1) is 10.6 Å². The van der Waals surface area contributed by atoms with Crippen LogP contribution in [0.1, 0.15) is 58.2 Å². The predicted molar refractivity (Wildman–Crippen MR) is 111 cm³/mol. The quantitative estimate of drug-likeness (QED) is 0.743. The third-order valence-electron chi connectivity index (χ3n) is 6.90. The zero-order valence-corrected chi connectivity index (χ0v) is 17.6. The molecule has 7 nitrogen and oxygen atoms in total. The van der Waals surface area contributed by atoms with E-state index in [9.17, 15) is 23.9 Å². The van der Waals surface area contributed by atoms with Crippen LogP contribution in [0.25, 0.3) is 0 Å². The number of carbonyl (C=O) groups is 2. The zero-order chi connectivity index (χ0) is 22.1. The highest BCUT2D eigenvalue weighted by atomic mass is 35.5. The van der Waals surface area contributed by atoms with Gasteiger partial charge in [-0.15, -0.1) is 0 Å². The van der Waals surface area contributed by atoms with Crippen molar-refractivity contribution in [3.63, 3.8) is 0 Å². The Hall–Kier alpha value is -2.87. The number of carbonyl (C=O) groups excluding carboxylic acids is 2. The minimum atomic E-state index is -0.846. The zero-order valence-electron chi connectivity index (χ0n) is 16.9. The molecule has 3 aliphatic rings. The molecule has 2 aromatic rings. The lowest BCUT2D eigenvalue weighted by molar-refractivity contribution is 0.0721. The molecule has 1 aliphatic carbocycles. The third-order valence-corrected chi connectivity index (χ3v) is 7.19. The van der Waals surface area contributed by atoms with Crippen molar-refractivity contribution >= 4 is 23.4 Å². The smallest absolute Gasteiger partial charge is 0.296 e. The molecule has 1 aromatic heterocycles. The fourth-order valence-corrected chi connectivity index (χ4v) is 5.52. The molecule has 31 heavy (non-hydrogen) atoms. The third kappa shape index (κ3) is 2.74. The number of amides is 2. The summed E-state index contributed by atoms with van der Waals surface area (Å²) < 4.78 is 14.8. The molecule has 2 atom stereocenters. The molecular weight excluding hydrogens is 425 g/mol. The van der Waals surface area contributed by atoms with Crippen molar-refractivity contribution in [2.45, 2.75) is 44.8 Å². The van der Waals surface area contributed by atoms with Crippen LogP contribution < -0.4 is 10.9 Å². The number of nitrogens with zero attached hydrogens (tertiary/aromatic N) is 2. The summed E-state index contributed by atoms with van der Waals surface area (Å²) in [5.41, 5.74) is -0.471. The van der Waals surface area contributed by atoms with E-state index in [-0.39, 0.29) is 34.6 Å². The number of aromatic nitrogens is 1. The van der Waals surface area contributed by atoms with Crippen molar-refractivity contribution in [1.29, 1.82) is 0 Å². The Morgan fingerprint density at radius 1 is 1.32 bits per heavy atom. The summed E-state index contributed by atoms with van der Waals surface area (Å²) in [5.74, 6) is -2.06. The first kappa shape index (κ1) is 20.1. The maximum Gasteiger partial charge on any atom is 0.296 e. The lowest BCUT2D eigenvalue weighted by atomic mass is 9.94. The molecule has 9 heteroatoms. The van der Waals surface area contributed by atoms with Crippen molar-refractivity contribution in [3.05, 3.63) is 61.8 Å². The van der Waals surface area contributed by atoms with Crippen LogP contribution in [0.15, 0.2) is 23.0 Å². The van der Waals surface area contributed by atoms with E-state index in [2.05, 4.69) is 5.32 Å². The van der Waals surface area contributed by atoms with E-state index < -0.39 is 28.7 Å². The molecular formula is C22H21ClFN3O4. The summed E-state index contributed by atoms with van der Waals surface area (Å²) in [6, 6.07) is 4.19. The minimum absolute atomic E-state index is 0.0341. The van der Waals surface area contributed by atoms with Crippen molar-refractivity contribution in [3.8, 4) is 5.75 Å². The number of pyridine rings is 1. The van der Waals surface area contributed by atoms with Gasteiger partial charge in [-0.05, 0) is 49.3 Å². The van der Waals surface area contributed by atoms with Gasteiger partial charge >= 0.3 is 0 Å². The van der Waals surface area contributed by atoms with Crippen molar-refractivity contribution in [2.24, 2.45) is 5.92 Å². The van der Waals surface area contributed by atoms with Crippen LogP contribution in [-0.2, 0) is 18.6 Å². The van der Waals surface area contributed by atoms with Crippen LogP contribution >= 0.6 is 11.6 Å². The summed E-state index contributed by atoms with van der Waals surface area (Å²) in [5, 5.41) is 13.7. The van der Waals surface area contributed by atoms with Crippen LogP contribution in [0.3, 0.4) is 0 Å². The lowest BCUT2D eigenvalue weighted by Gasteiger charge is -2.33. The molecule has 3 heterocycles. The maximum atomic E-state index is 13.4. The molecule has 1 spiro atoms. The summed E-state index contributed by atoms with van der Waals surface area (Å²) in [6.45, 7) is 2.41. The molecule has 2 unspecified atom stereocenters. The molecule has 1 saturated carbocycles. The second-order valence-electron chi connectivity index (χ2n) is 8.59. The Kier molecular flexibility index (Phi) is 4.41. The number of halogens is 2. The van der Waals surface area contributed by atoms with Crippen LogP contribution in [0.5, 0.6) is 5.75 Å². The molecule has 5 rings (SSSR count). The van der Waals surface area contributed by atoms with E-state index in [1.807, 2.05) is 6.92 Å². The van der Waals surface area contributed by atoms with E-state index >= 15 is 0 Å². The minimum Gasteiger partial charge on any atom is -0.502 e. The molecule has 2 amide bonds. The number of fused-ring (bicyclic) bond motifs is 4.